The third kappa shape index (κ3) is 2.90. The van der Waals surface area contributed by atoms with E-state index in [-0.39, 0.29) is 5.41 Å². The van der Waals surface area contributed by atoms with Crippen LogP contribution in [0.5, 0.6) is 0 Å². The minimum absolute atomic E-state index is 0.134. The summed E-state index contributed by atoms with van der Waals surface area (Å²) in [7, 11) is 0. The van der Waals surface area contributed by atoms with Crippen LogP contribution in [-0.4, -0.2) is 30.2 Å². The Morgan fingerprint density at radius 1 is 0.968 bits per heavy atom. The van der Waals surface area contributed by atoms with Crippen molar-refractivity contribution in [2.24, 2.45) is 10.4 Å². The Bertz CT molecular complexity index is 1280. The molecule has 1 aliphatic heterocycles. The topological polar surface area (TPSA) is 68.8 Å². The number of fused-ring (bicyclic) bond motifs is 3. The summed E-state index contributed by atoms with van der Waals surface area (Å²) in [5, 5.41) is 0. The summed E-state index contributed by atoms with van der Waals surface area (Å²) < 4.78 is 2.12. The van der Waals surface area contributed by atoms with E-state index in [4.69, 9.17) is 4.99 Å². The predicted octanol–water partition coefficient (Wildman–Crippen LogP) is 5.07. The summed E-state index contributed by atoms with van der Waals surface area (Å²) >= 11 is 0. The van der Waals surface area contributed by atoms with Crippen LogP contribution in [-0.2, 0) is 6.54 Å². The van der Waals surface area contributed by atoms with Crippen LogP contribution in [0.2, 0.25) is 0 Å². The van der Waals surface area contributed by atoms with Gasteiger partial charge >= 0.3 is 0 Å². The second kappa shape index (κ2) is 6.94. The van der Waals surface area contributed by atoms with Crippen molar-refractivity contribution >= 4 is 11.4 Å². The predicted molar refractivity (Wildman–Crippen MR) is 120 cm³/mol. The van der Waals surface area contributed by atoms with Crippen LogP contribution in [0.3, 0.4) is 0 Å². The summed E-state index contributed by atoms with van der Waals surface area (Å²) in [6.45, 7) is 2.98. The Balaban J connectivity index is 1.38. The zero-order valence-corrected chi connectivity index (χ0v) is 17.3. The molecule has 0 radical (unpaired) electrons. The molecular weight excluding hydrogens is 384 g/mol. The van der Waals surface area contributed by atoms with Crippen LogP contribution in [0.1, 0.15) is 31.2 Å². The minimum Gasteiger partial charge on any atom is -0.323 e. The Morgan fingerprint density at radius 3 is 2.65 bits per heavy atom. The van der Waals surface area contributed by atoms with Crippen LogP contribution in [0, 0.1) is 5.41 Å². The van der Waals surface area contributed by atoms with E-state index in [1.807, 2.05) is 36.8 Å². The molecule has 4 aromatic rings. The van der Waals surface area contributed by atoms with Gasteiger partial charge in [-0.25, -0.2) is 15.0 Å². The maximum absolute atomic E-state index is 5.16. The number of benzene rings is 1. The second-order valence-electron chi connectivity index (χ2n) is 8.26. The molecule has 4 heterocycles. The van der Waals surface area contributed by atoms with Gasteiger partial charge in [0.25, 0.3) is 0 Å². The first-order valence-electron chi connectivity index (χ1n) is 10.7. The van der Waals surface area contributed by atoms with E-state index < -0.39 is 0 Å². The molecule has 1 aliphatic carbocycles. The summed E-state index contributed by atoms with van der Waals surface area (Å²) in [5.41, 5.74) is 5.97. The number of aromatic nitrogens is 5. The molecule has 1 aromatic carbocycles. The number of aliphatic imine (C=N–C) groups is 1. The van der Waals surface area contributed by atoms with Crippen LogP contribution in [0.25, 0.3) is 22.9 Å². The smallest absolute Gasteiger partial charge is 0.195 e. The highest BCUT2D eigenvalue weighted by molar-refractivity contribution is 5.99. The Hall–Kier alpha value is -3.67. The molecule has 0 spiro atoms. The Kier molecular flexibility index (Phi) is 4.06. The number of rotatable bonds is 5. The fourth-order valence-electron chi connectivity index (χ4n) is 4.92. The molecule has 6 rings (SSSR count). The largest absolute Gasteiger partial charge is 0.323 e. The quantitative estimate of drug-likeness (QED) is 0.464. The van der Waals surface area contributed by atoms with Crippen LogP contribution in [0.4, 0.5) is 5.69 Å². The van der Waals surface area contributed by atoms with Gasteiger partial charge in [-0.05, 0) is 54.7 Å². The molecule has 31 heavy (non-hydrogen) atoms. The molecule has 0 bridgehead atoms. The second-order valence-corrected chi connectivity index (χ2v) is 8.26. The van der Waals surface area contributed by atoms with E-state index in [2.05, 4.69) is 55.7 Å². The monoisotopic (exact) mass is 406 g/mol. The molecule has 0 saturated heterocycles. The first-order valence-corrected chi connectivity index (χ1v) is 10.7. The molecule has 0 amide bonds. The van der Waals surface area contributed by atoms with E-state index >= 15 is 0 Å². The maximum atomic E-state index is 5.16. The zero-order valence-electron chi connectivity index (χ0n) is 17.3. The van der Waals surface area contributed by atoms with Crippen molar-refractivity contribution in [1.82, 2.24) is 24.5 Å². The van der Waals surface area contributed by atoms with Gasteiger partial charge in [-0.1, -0.05) is 19.1 Å². The van der Waals surface area contributed by atoms with Gasteiger partial charge in [0.2, 0.25) is 0 Å². The molecular formula is C25H22N6. The molecule has 3 aromatic heterocycles. The Morgan fingerprint density at radius 2 is 1.84 bits per heavy atom. The molecule has 2 atom stereocenters. The van der Waals surface area contributed by atoms with Crippen molar-refractivity contribution < 1.29 is 0 Å². The Labute approximate surface area is 180 Å². The van der Waals surface area contributed by atoms with Gasteiger partial charge in [0.05, 0.1) is 17.9 Å². The van der Waals surface area contributed by atoms with Crippen molar-refractivity contribution in [3.05, 3.63) is 79.0 Å². The normalized spacial score (nSPS) is 21.2. The lowest BCUT2D eigenvalue weighted by Crippen LogP contribution is -2.25. The number of imidazole rings is 1. The number of nitrogens with zero attached hydrogens (tertiary/aromatic N) is 6. The van der Waals surface area contributed by atoms with E-state index in [9.17, 15) is 0 Å². The van der Waals surface area contributed by atoms with Gasteiger partial charge in [0.1, 0.15) is 0 Å². The SMILES string of the molecule is CC[C@@]12CC1c1cc(-c3ccccn3)ccc1N=C2Cn1ccnc1-c1ncccn1. The molecule has 1 fully saturated rings. The summed E-state index contributed by atoms with van der Waals surface area (Å²) in [6.07, 6.45) is 11.4. The van der Waals surface area contributed by atoms with Crippen LogP contribution < -0.4 is 0 Å². The van der Waals surface area contributed by atoms with Crippen molar-refractivity contribution in [3.63, 3.8) is 0 Å². The summed E-state index contributed by atoms with van der Waals surface area (Å²) in [6, 6.07) is 14.4. The summed E-state index contributed by atoms with van der Waals surface area (Å²) in [4.78, 5) is 22.9. The molecule has 2 aliphatic rings. The fourth-order valence-corrected chi connectivity index (χ4v) is 4.92. The standard InChI is InChI=1S/C25H22N6/c1-2-25-15-19(25)18-14-17(20-6-3-4-9-26-20)7-8-21(18)30-22(25)16-31-13-12-29-24(31)23-27-10-5-11-28-23/h3-14,19H,2,15-16H2,1H3/t19?,25-/m1/s1. The molecule has 0 N–H and O–H groups in total. The van der Waals surface area contributed by atoms with Crippen LogP contribution >= 0.6 is 0 Å². The maximum Gasteiger partial charge on any atom is 0.195 e. The van der Waals surface area contributed by atoms with Crippen LogP contribution in [0.15, 0.2) is 78.4 Å². The third-order valence-electron chi connectivity index (χ3n) is 6.70. The van der Waals surface area contributed by atoms with E-state index in [1.54, 1.807) is 12.4 Å². The third-order valence-corrected chi connectivity index (χ3v) is 6.70. The first kappa shape index (κ1) is 18.1. The van der Waals surface area contributed by atoms with Gasteiger partial charge < -0.3 is 4.57 Å². The fraction of sp³-hybridized carbons (Fsp3) is 0.240. The highest BCUT2D eigenvalue weighted by atomic mass is 15.1. The van der Waals surface area contributed by atoms with Crippen molar-refractivity contribution in [1.29, 1.82) is 0 Å². The van der Waals surface area contributed by atoms with E-state index in [1.165, 1.54) is 11.3 Å². The number of hydrogen-bond acceptors (Lipinski definition) is 5. The molecule has 6 nitrogen and oxygen atoms in total. The van der Waals surface area contributed by atoms with Crippen molar-refractivity contribution in [2.45, 2.75) is 32.2 Å². The zero-order chi connectivity index (χ0) is 20.8. The lowest BCUT2D eigenvalue weighted by Gasteiger charge is -2.25. The lowest BCUT2D eigenvalue weighted by molar-refractivity contribution is 0.609. The minimum atomic E-state index is 0.134. The van der Waals surface area contributed by atoms with E-state index in [0.717, 1.165) is 35.6 Å². The number of hydrogen-bond donors (Lipinski definition) is 0. The number of pyridine rings is 1. The highest BCUT2D eigenvalue weighted by Gasteiger charge is 2.59. The van der Waals surface area contributed by atoms with Gasteiger partial charge in [0.15, 0.2) is 11.6 Å². The van der Waals surface area contributed by atoms with Gasteiger partial charge in [-0.15, -0.1) is 0 Å². The van der Waals surface area contributed by atoms with Gasteiger partial charge in [-0.3, -0.25) is 9.98 Å². The van der Waals surface area contributed by atoms with E-state index in [0.29, 0.717) is 18.3 Å². The van der Waals surface area contributed by atoms with Gasteiger partial charge in [-0.2, -0.15) is 0 Å². The van der Waals surface area contributed by atoms with Gasteiger partial charge in [0, 0.05) is 47.7 Å². The average molecular weight is 406 g/mol. The lowest BCUT2D eigenvalue weighted by atomic mass is 9.86. The highest BCUT2D eigenvalue weighted by Crippen LogP contribution is 2.66. The molecule has 6 heteroatoms. The first-order chi connectivity index (χ1) is 15.3. The van der Waals surface area contributed by atoms with Crippen molar-refractivity contribution in [3.8, 4) is 22.9 Å². The summed E-state index contributed by atoms with van der Waals surface area (Å²) in [5.74, 6) is 1.94. The molecule has 1 unspecified atom stereocenters. The molecule has 152 valence electrons. The van der Waals surface area contributed by atoms with Crippen molar-refractivity contribution in [2.75, 3.05) is 0 Å². The molecule has 1 saturated carbocycles. The average Bonchev–Trinajstić information content (AvgIpc) is 3.44.